The first kappa shape index (κ1) is 9.76. The first-order valence-electron chi connectivity index (χ1n) is 5.06. The van der Waals surface area contributed by atoms with Crippen molar-refractivity contribution in [3.05, 3.63) is 24.0 Å². The molecule has 0 bridgehead atoms. The third-order valence-corrected chi connectivity index (χ3v) is 2.47. The number of aryl methyl sites for hydroxylation is 2. The average Bonchev–Trinajstić information content (AvgIpc) is 2.91. The molecular weight excluding hydrogens is 220 g/mol. The van der Waals surface area contributed by atoms with Crippen LogP contribution in [0, 0.1) is 13.8 Å². The summed E-state index contributed by atoms with van der Waals surface area (Å²) in [5.41, 5.74) is 7.76. The van der Waals surface area contributed by atoms with E-state index in [2.05, 4.69) is 20.1 Å². The number of nitrogens with two attached hydrogens (primary N) is 1. The van der Waals surface area contributed by atoms with Crippen molar-refractivity contribution >= 4 is 11.5 Å². The molecule has 0 fully saturated rings. The number of hydrogen-bond acceptors (Lipinski definition) is 6. The summed E-state index contributed by atoms with van der Waals surface area (Å²) in [6.07, 6.45) is 3.05. The van der Waals surface area contributed by atoms with Crippen LogP contribution in [0.3, 0.4) is 0 Å². The van der Waals surface area contributed by atoms with Gasteiger partial charge < -0.3 is 10.2 Å². The van der Waals surface area contributed by atoms with Crippen LogP contribution in [0.1, 0.15) is 11.5 Å². The molecule has 3 aromatic heterocycles. The fourth-order valence-electron chi connectivity index (χ4n) is 1.71. The molecule has 0 aliphatic rings. The number of rotatable bonds is 1. The molecule has 86 valence electrons. The normalized spacial score (nSPS) is 11.2. The molecule has 0 spiro atoms. The first-order valence-corrected chi connectivity index (χ1v) is 5.06. The molecule has 0 saturated heterocycles. The molecule has 7 heteroatoms. The van der Waals surface area contributed by atoms with Gasteiger partial charge in [0.05, 0.1) is 11.9 Å². The SMILES string of the molecule is Cc1nc2c(N)nc(-c3ncco3)c(C)n2n1. The number of nitrogens with zero attached hydrogens (tertiary/aromatic N) is 5. The Morgan fingerprint density at radius 2 is 2.12 bits per heavy atom. The van der Waals surface area contributed by atoms with E-state index >= 15 is 0 Å². The fraction of sp³-hybridized carbons (Fsp3) is 0.200. The van der Waals surface area contributed by atoms with Crippen molar-refractivity contribution in [2.24, 2.45) is 0 Å². The molecule has 3 aromatic rings. The van der Waals surface area contributed by atoms with Gasteiger partial charge in [-0.25, -0.2) is 19.5 Å². The maximum atomic E-state index is 5.84. The lowest BCUT2D eigenvalue weighted by atomic mass is 10.3. The Balaban J connectivity index is 2.38. The van der Waals surface area contributed by atoms with E-state index < -0.39 is 0 Å². The van der Waals surface area contributed by atoms with Gasteiger partial charge in [0, 0.05) is 0 Å². The van der Waals surface area contributed by atoms with Crippen LogP contribution < -0.4 is 5.73 Å². The molecule has 3 rings (SSSR count). The summed E-state index contributed by atoms with van der Waals surface area (Å²) in [6.45, 7) is 3.67. The zero-order valence-electron chi connectivity index (χ0n) is 9.38. The van der Waals surface area contributed by atoms with Gasteiger partial charge in [-0.3, -0.25) is 0 Å². The van der Waals surface area contributed by atoms with Crippen LogP contribution >= 0.6 is 0 Å². The van der Waals surface area contributed by atoms with Crippen molar-refractivity contribution < 1.29 is 4.42 Å². The highest BCUT2D eigenvalue weighted by atomic mass is 16.3. The molecule has 0 saturated carbocycles. The second-order valence-electron chi connectivity index (χ2n) is 3.66. The number of nitrogen functional groups attached to an aromatic ring is 1. The van der Waals surface area contributed by atoms with Crippen LogP contribution in [0.5, 0.6) is 0 Å². The predicted octanol–water partition coefficient (Wildman–Crippen LogP) is 0.978. The van der Waals surface area contributed by atoms with Gasteiger partial charge in [-0.1, -0.05) is 0 Å². The van der Waals surface area contributed by atoms with E-state index in [9.17, 15) is 0 Å². The molecule has 0 aromatic carbocycles. The summed E-state index contributed by atoms with van der Waals surface area (Å²) < 4.78 is 6.87. The lowest BCUT2D eigenvalue weighted by molar-refractivity contribution is 0.570. The third kappa shape index (κ3) is 1.36. The molecule has 0 amide bonds. The van der Waals surface area contributed by atoms with E-state index in [1.807, 2.05) is 6.92 Å². The topological polar surface area (TPSA) is 95.1 Å². The minimum atomic E-state index is 0.310. The van der Waals surface area contributed by atoms with Crippen LogP contribution in [-0.2, 0) is 0 Å². The molecule has 0 atom stereocenters. The van der Waals surface area contributed by atoms with Crippen LogP contribution in [0.25, 0.3) is 17.2 Å². The van der Waals surface area contributed by atoms with Crippen molar-refractivity contribution in [3.63, 3.8) is 0 Å². The third-order valence-electron chi connectivity index (χ3n) is 2.47. The summed E-state index contributed by atoms with van der Waals surface area (Å²) >= 11 is 0. The van der Waals surface area contributed by atoms with Crippen molar-refractivity contribution in [1.82, 2.24) is 24.6 Å². The lowest BCUT2D eigenvalue weighted by Crippen LogP contribution is -2.04. The zero-order chi connectivity index (χ0) is 12.0. The molecular formula is C10H10N6O. The van der Waals surface area contributed by atoms with Crippen molar-refractivity contribution in [1.29, 1.82) is 0 Å². The van der Waals surface area contributed by atoms with E-state index in [1.165, 1.54) is 6.26 Å². The summed E-state index contributed by atoms with van der Waals surface area (Å²) in [6, 6.07) is 0. The molecule has 7 nitrogen and oxygen atoms in total. The summed E-state index contributed by atoms with van der Waals surface area (Å²) in [5, 5.41) is 4.26. The number of hydrogen-bond donors (Lipinski definition) is 1. The van der Waals surface area contributed by atoms with Crippen LogP contribution in [0.15, 0.2) is 16.9 Å². The maximum absolute atomic E-state index is 5.84. The Morgan fingerprint density at radius 3 is 2.82 bits per heavy atom. The van der Waals surface area contributed by atoms with E-state index in [1.54, 1.807) is 17.6 Å². The number of aromatic nitrogens is 5. The van der Waals surface area contributed by atoms with Gasteiger partial charge in [0.15, 0.2) is 11.5 Å². The molecule has 3 heterocycles. The number of anilines is 1. The van der Waals surface area contributed by atoms with Gasteiger partial charge in [-0.15, -0.1) is 0 Å². The summed E-state index contributed by atoms with van der Waals surface area (Å²) in [7, 11) is 0. The molecule has 0 radical (unpaired) electrons. The number of oxazole rings is 1. The highest BCUT2D eigenvalue weighted by Crippen LogP contribution is 2.22. The smallest absolute Gasteiger partial charge is 0.246 e. The summed E-state index contributed by atoms with van der Waals surface area (Å²) in [5.74, 6) is 1.37. The number of fused-ring (bicyclic) bond motifs is 1. The predicted molar refractivity (Wildman–Crippen MR) is 60.2 cm³/mol. The summed E-state index contributed by atoms with van der Waals surface area (Å²) in [4.78, 5) is 12.5. The van der Waals surface area contributed by atoms with Crippen molar-refractivity contribution in [3.8, 4) is 11.6 Å². The van der Waals surface area contributed by atoms with E-state index in [4.69, 9.17) is 10.2 Å². The Hall–Kier alpha value is -2.44. The Labute approximate surface area is 96.3 Å². The highest BCUT2D eigenvalue weighted by molar-refractivity contribution is 5.65. The van der Waals surface area contributed by atoms with Crippen molar-refractivity contribution in [2.75, 3.05) is 5.73 Å². The quantitative estimate of drug-likeness (QED) is 0.669. The first-order chi connectivity index (χ1) is 8.16. The average molecular weight is 230 g/mol. The van der Waals surface area contributed by atoms with Gasteiger partial charge in [0.2, 0.25) is 5.89 Å². The van der Waals surface area contributed by atoms with Gasteiger partial charge >= 0.3 is 0 Å². The monoisotopic (exact) mass is 230 g/mol. The molecule has 0 aliphatic carbocycles. The van der Waals surface area contributed by atoms with Crippen LogP contribution in [0.4, 0.5) is 5.82 Å². The minimum Gasteiger partial charge on any atom is -0.443 e. The highest BCUT2D eigenvalue weighted by Gasteiger charge is 2.16. The molecule has 0 unspecified atom stereocenters. The van der Waals surface area contributed by atoms with Crippen LogP contribution in [-0.4, -0.2) is 24.6 Å². The lowest BCUT2D eigenvalue weighted by Gasteiger charge is -2.04. The largest absolute Gasteiger partial charge is 0.443 e. The second kappa shape index (κ2) is 3.27. The fourth-order valence-corrected chi connectivity index (χ4v) is 1.71. The van der Waals surface area contributed by atoms with Gasteiger partial charge in [0.25, 0.3) is 0 Å². The van der Waals surface area contributed by atoms with E-state index in [0.717, 1.165) is 5.69 Å². The Kier molecular flexibility index (Phi) is 1.88. The Bertz CT molecular complexity index is 684. The standard InChI is InChI=1S/C10H10N6O/c1-5-7(10-12-3-4-17-10)14-8(11)9-13-6(2)15-16(5)9/h3-4H,1-2H3,(H2,11,14). The van der Waals surface area contributed by atoms with E-state index in [0.29, 0.717) is 28.9 Å². The second-order valence-corrected chi connectivity index (χ2v) is 3.66. The maximum Gasteiger partial charge on any atom is 0.246 e. The minimum absolute atomic E-state index is 0.310. The van der Waals surface area contributed by atoms with Gasteiger partial charge in [0.1, 0.15) is 17.8 Å². The molecule has 2 N–H and O–H groups in total. The molecule has 17 heavy (non-hydrogen) atoms. The van der Waals surface area contributed by atoms with Crippen molar-refractivity contribution in [2.45, 2.75) is 13.8 Å². The molecule has 0 aliphatic heterocycles. The van der Waals surface area contributed by atoms with E-state index in [-0.39, 0.29) is 0 Å². The van der Waals surface area contributed by atoms with Crippen LogP contribution in [0.2, 0.25) is 0 Å². The van der Waals surface area contributed by atoms with Gasteiger partial charge in [-0.05, 0) is 13.8 Å². The van der Waals surface area contributed by atoms with Gasteiger partial charge in [-0.2, -0.15) is 5.10 Å². The Morgan fingerprint density at radius 1 is 1.29 bits per heavy atom. The zero-order valence-corrected chi connectivity index (χ0v) is 9.38.